The highest BCUT2D eigenvalue weighted by Gasteiger charge is 2.59. The van der Waals surface area contributed by atoms with Crippen LogP contribution in [-0.4, -0.2) is 75.8 Å². The number of piperidine rings is 1. The first-order valence-corrected chi connectivity index (χ1v) is 10.6. The molecule has 4 N–H and O–H groups in total. The molecule has 1 aromatic heterocycles. The molecule has 0 unspecified atom stereocenters. The molecular formula is C14H16N6O8S2. The second-order valence-corrected chi connectivity index (χ2v) is 8.36. The zero-order valence-corrected chi connectivity index (χ0v) is 17.0. The largest absolute Gasteiger partial charge is 0.398 e. The van der Waals surface area contributed by atoms with Crippen molar-refractivity contribution in [1.82, 2.24) is 19.5 Å². The van der Waals surface area contributed by atoms with E-state index in [-0.39, 0.29) is 40.1 Å². The first-order valence-electron chi connectivity index (χ1n) is 8.35. The minimum atomic E-state index is -5.10. The van der Waals surface area contributed by atoms with E-state index in [2.05, 4.69) is 20.3 Å². The summed E-state index contributed by atoms with van der Waals surface area (Å²) in [4.78, 5) is 58.5. The number of hydrogen-bond acceptors (Lipinski definition) is 11. The lowest BCUT2D eigenvalue weighted by Crippen LogP contribution is -2.78. The number of aromatic nitrogens is 1. The fourth-order valence-electron chi connectivity index (χ4n) is 3.06. The third-order valence-corrected chi connectivity index (χ3v) is 5.87. The van der Waals surface area contributed by atoms with Crippen LogP contribution in [0.4, 0.5) is 5.13 Å². The highest BCUT2D eigenvalue weighted by molar-refractivity contribution is 7.84. The van der Waals surface area contributed by atoms with Gasteiger partial charge in [-0.25, -0.2) is 4.98 Å². The Bertz CT molecular complexity index is 1030. The zero-order chi connectivity index (χ0) is 22.2. The van der Waals surface area contributed by atoms with Crippen molar-refractivity contribution in [3.05, 3.63) is 11.1 Å². The maximum absolute atomic E-state index is 12.7. The highest BCUT2D eigenvalue weighted by atomic mass is 32.2. The molecule has 2 atom stereocenters. The number of amides is 4. The van der Waals surface area contributed by atoms with Crippen LogP contribution in [0, 0.1) is 0 Å². The number of thiazole rings is 1. The molecule has 0 aliphatic carbocycles. The Kier molecular flexibility index (Phi) is 5.73. The van der Waals surface area contributed by atoms with Crippen molar-refractivity contribution in [2.75, 3.05) is 12.8 Å². The van der Waals surface area contributed by atoms with E-state index >= 15 is 0 Å². The lowest BCUT2D eigenvalue weighted by Gasteiger charge is -2.49. The summed E-state index contributed by atoms with van der Waals surface area (Å²) in [5.74, 6) is -3.72. The summed E-state index contributed by atoms with van der Waals surface area (Å²) in [5, 5.41) is 7.27. The van der Waals surface area contributed by atoms with E-state index in [1.54, 1.807) is 0 Å². The van der Waals surface area contributed by atoms with Crippen molar-refractivity contribution >= 4 is 56.1 Å². The van der Waals surface area contributed by atoms with Crippen LogP contribution in [0.25, 0.3) is 0 Å². The molecule has 2 fully saturated rings. The number of carbonyl (C=O) groups excluding carboxylic acids is 4. The number of β-lactam (4-membered cyclic amide) rings is 1. The number of nitrogen functional groups attached to an aromatic ring is 1. The van der Waals surface area contributed by atoms with Gasteiger partial charge in [-0.1, -0.05) is 5.16 Å². The number of nitrogens with one attached hydrogen (secondary N) is 1. The van der Waals surface area contributed by atoms with Crippen LogP contribution in [0.1, 0.15) is 25.0 Å². The van der Waals surface area contributed by atoms with E-state index in [4.69, 9.17) is 5.73 Å². The normalized spacial score (nSPS) is 22.7. The van der Waals surface area contributed by atoms with E-state index in [0.29, 0.717) is 4.90 Å². The molecule has 0 spiro atoms. The van der Waals surface area contributed by atoms with E-state index in [0.717, 1.165) is 18.4 Å². The van der Waals surface area contributed by atoms with Gasteiger partial charge in [0.25, 0.3) is 11.8 Å². The predicted molar refractivity (Wildman–Crippen MR) is 99.9 cm³/mol. The van der Waals surface area contributed by atoms with Gasteiger partial charge in [0.2, 0.25) is 11.8 Å². The van der Waals surface area contributed by atoms with Gasteiger partial charge in [0, 0.05) is 18.2 Å². The summed E-state index contributed by atoms with van der Waals surface area (Å²) in [6.45, 7) is 0. The number of rotatable bonds is 6. The minimum Gasteiger partial charge on any atom is -0.398 e. The first-order chi connectivity index (χ1) is 14.1. The number of likely N-dealkylation sites (tertiary alicyclic amines) is 1. The summed E-state index contributed by atoms with van der Waals surface area (Å²) in [7, 11) is -3.95. The molecule has 16 heteroatoms. The quantitative estimate of drug-likeness (QED) is 0.141. The second kappa shape index (κ2) is 7.96. The minimum absolute atomic E-state index is 0.0249. The molecule has 2 aliphatic heterocycles. The zero-order valence-electron chi connectivity index (χ0n) is 15.3. The topological polar surface area (TPSA) is 202 Å². The van der Waals surface area contributed by atoms with Gasteiger partial charge >= 0.3 is 10.3 Å². The number of anilines is 1. The molecule has 4 amide bonds. The Morgan fingerprint density at radius 3 is 2.50 bits per heavy atom. The maximum Gasteiger partial charge on any atom is 0.364 e. The monoisotopic (exact) mass is 460 g/mol. The van der Waals surface area contributed by atoms with Gasteiger partial charge in [-0.2, -0.15) is 12.7 Å². The van der Waals surface area contributed by atoms with Gasteiger partial charge in [0.15, 0.2) is 23.1 Å². The standard InChI is InChI=1S/C14H16N6O8S2/c1-28-18-9(6-5-29-14(15)16-6)11(23)17-10-12(20(13(10)24)30(25,26)27)19-7(21)3-2-4-8(19)22/h5,10,12H,2-4H2,1H3,(H2,15,16)(H,17,23)(H,25,26,27)/b18-9-/t10-,12-/m0/s1. The SMILES string of the molecule is CO/N=C(\C(=O)N[C@@H]1C(=O)N(S(=O)(=O)O)[C@@H]1N1C(=O)CCCC1=O)c1csc(N)n1. The number of nitrogens with zero attached hydrogens (tertiary/aromatic N) is 4. The number of hydrogen-bond donors (Lipinski definition) is 3. The summed E-state index contributed by atoms with van der Waals surface area (Å²) >= 11 is 1.01. The molecule has 2 saturated heterocycles. The van der Waals surface area contributed by atoms with Gasteiger partial charge in [-0.15, -0.1) is 11.3 Å². The van der Waals surface area contributed by atoms with Crippen molar-refractivity contribution in [2.24, 2.45) is 5.16 Å². The van der Waals surface area contributed by atoms with Crippen molar-refractivity contribution in [3.8, 4) is 0 Å². The lowest BCUT2D eigenvalue weighted by molar-refractivity contribution is -0.168. The fraction of sp³-hybridized carbons (Fsp3) is 0.429. The summed E-state index contributed by atoms with van der Waals surface area (Å²) in [6, 6.07) is -1.64. The van der Waals surface area contributed by atoms with Gasteiger partial charge in [0.05, 0.1) is 0 Å². The average Bonchev–Trinajstić information content (AvgIpc) is 3.07. The van der Waals surface area contributed by atoms with Crippen LogP contribution in [0.2, 0.25) is 0 Å². The third-order valence-electron chi connectivity index (χ3n) is 4.30. The molecule has 3 rings (SSSR count). The van der Waals surface area contributed by atoms with Crippen LogP contribution in [0.3, 0.4) is 0 Å². The molecule has 2 aliphatic rings. The van der Waals surface area contributed by atoms with E-state index in [9.17, 15) is 32.1 Å². The van der Waals surface area contributed by atoms with Gasteiger partial charge < -0.3 is 15.9 Å². The van der Waals surface area contributed by atoms with Crippen LogP contribution in [0.5, 0.6) is 0 Å². The summed E-state index contributed by atoms with van der Waals surface area (Å²) < 4.78 is 32.6. The van der Waals surface area contributed by atoms with Gasteiger partial charge in [0.1, 0.15) is 12.8 Å². The average molecular weight is 460 g/mol. The van der Waals surface area contributed by atoms with Crippen LogP contribution in [-0.2, 0) is 34.3 Å². The van der Waals surface area contributed by atoms with E-state index in [1.807, 2.05) is 0 Å². The number of oxime groups is 1. The molecule has 0 bridgehead atoms. The molecule has 0 aromatic carbocycles. The van der Waals surface area contributed by atoms with E-state index < -0.39 is 46.1 Å². The van der Waals surface area contributed by atoms with Crippen molar-refractivity contribution in [1.29, 1.82) is 0 Å². The number of carbonyl (C=O) groups is 4. The molecule has 162 valence electrons. The van der Waals surface area contributed by atoms with Gasteiger partial charge in [-0.05, 0) is 6.42 Å². The molecule has 3 heterocycles. The second-order valence-electron chi connectivity index (χ2n) is 6.18. The molecule has 0 saturated carbocycles. The Labute approximate surface area is 173 Å². The predicted octanol–water partition coefficient (Wildman–Crippen LogP) is -1.93. The van der Waals surface area contributed by atoms with Crippen LogP contribution < -0.4 is 11.1 Å². The van der Waals surface area contributed by atoms with Crippen molar-refractivity contribution in [3.63, 3.8) is 0 Å². The third kappa shape index (κ3) is 3.83. The molecular weight excluding hydrogens is 444 g/mol. The van der Waals surface area contributed by atoms with Gasteiger partial charge in [-0.3, -0.25) is 28.6 Å². The Balaban J connectivity index is 1.92. The Morgan fingerprint density at radius 1 is 1.37 bits per heavy atom. The Hall–Kier alpha value is -3.11. The smallest absolute Gasteiger partial charge is 0.364 e. The number of nitrogens with two attached hydrogens (primary N) is 1. The van der Waals surface area contributed by atoms with Crippen LogP contribution >= 0.6 is 11.3 Å². The maximum atomic E-state index is 12.7. The molecule has 30 heavy (non-hydrogen) atoms. The van der Waals surface area contributed by atoms with E-state index in [1.165, 1.54) is 5.38 Å². The molecule has 0 radical (unpaired) electrons. The van der Waals surface area contributed by atoms with Crippen molar-refractivity contribution in [2.45, 2.75) is 31.5 Å². The lowest BCUT2D eigenvalue weighted by atomic mass is 10.00. The summed E-state index contributed by atoms with van der Waals surface area (Å²) in [5.41, 5.74) is 5.18. The highest BCUT2D eigenvalue weighted by Crippen LogP contribution is 2.30. The van der Waals surface area contributed by atoms with Crippen LogP contribution in [0.15, 0.2) is 10.5 Å². The molecule has 1 aromatic rings. The fourth-order valence-corrected chi connectivity index (χ4v) is 4.43. The molecule has 14 nitrogen and oxygen atoms in total. The Morgan fingerprint density at radius 2 is 2.00 bits per heavy atom. The first kappa shape index (κ1) is 21.6. The number of imide groups is 1. The van der Waals surface area contributed by atoms with Crippen molar-refractivity contribution < 1.29 is 37.0 Å². The summed E-state index contributed by atoms with van der Waals surface area (Å²) in [6.07, 6.45) is -1.62.